The topological polar surface area (TPSA) is 118 Å². The van der Waals surface area contributed by atoms with Gasteiger partial charge in [-0.25, -0.2) is 29.9 Å². The van der Waals surface area contributed by atoms with E-state index in [0.29, 0.717) is 0 Å². The van der Waals surface area contributed by atoms with Gasteiger partial charge in [0.1, 0.15) is 0 Å². The van der Waals surface area contributed by atoms with Gasteiger partial charge in [-0.15, -0.1) is 0 Å². The van der Waals surface area contributed by atoms with E-state index in [-0.39, 0.29) is 16.2 Å². The van der Waals surface area contributed by atoms with Crippen molar-refractivity contribution in [3.8, 4) is 152 Å². The molecule has 654 valence electrons. The fraction of sp³-hybridized carbons (Fsp3) is 0.0709. The predicted octanol–water partition coefficient (Wildman–Crippen LogP) is 31.4. The summed E-state index contributed by atoms with van der Waals surface area (Å²) in [6.45, 7) is 13.8. The standard InChI is InChI=1S/C43H31N3.2C42H30N4/c1-43(2)36-22-11-9-21-34(36)41-39(43)40(44-42(45-41)31-17-13-16-29(26-31)28-14-5-3-6-15-28)30-24-25-38-35(27-30)33-20-10-12-23-37(33)46(38)32-18-7-4-8-19-32;1-42(2)34-16-8-6-15-32(34)40-38(42)39(44-41(45-40)28-21-19-27(20-22-28)35-17-10-11-25-43-35)29-23-24-37-33(26-29)31-14-7-9-18-36(31)46(37)30-12-4-3-5-13-30;1-42(2)35-16-8-6-15-33(35)40-38(42)39(44-41(45-40)28-20-18-27(19-21-28)30-11-10-24-43-26-30)29-22-23-37-34(25-29)32-14-7-9-17-36(32)46(37)31-12-4-3-5-13-31/h3-27H,1-2H3;2*3-26H,1-2H3. The molecule has 0 amide bonds. The summed E-state index contributed by atoms with van der Waals surface area (Å²) in [5.41, 5.74) is 39.6. The number of fused-ring (bicyclic) bond motifs is 18. The van der Waals surface area contributed by atoms with Crippen molar-refractivity contribution in [1.82, 2.24) is 53.6 Å². The van der Waals surface area contributed by atoms with Gasteiger partial charge >= 0.3 is 0 Å². The monoisotopic (exact) mass is 1770 g/mol. The van der Waals surface area contributed by atoms with Crippen molar-refractivity contribution >= 4 is 65.4 Å². The molecule has 0 bridgehead atoms. The normalized spacial score (nSPS) is 13.2. The largest absolute Gasteiger partial charge is 0.309 e. The van der Waals surface area contributed by atoms with Crippen LogP contribution in [0.3, 0.4) is 0 Å². The Morgan fingerprint density at radius 1 is 0.196 bits per heavy atom. The Bertz CT molecular complexity index is 8580. The minimum atomic E-state index is -0.254. The summed E-state index contributed by atoms with van der Waals surface area (Å²) < 4.78 is 7.07. The van der Waals surface area contributed by atoms with Gasteiger partial charge in [0.25, 0.3) is 0 Å². The third kappa shape index (κ3) is 13.7. The van der Waals surface area contributed by atoms with E-state index in [2.05, 4.69) is 466 Å². The molecular formula is C127H91N11. The minimum Gasteiger partial charge on any atom is -0.309 e. The van der Waals surface area contributed by atoms with E-state index in [1.807, 2.05) is 36.7 Å². The van der Waals surface area contributed by atoms with Crippen LogP contribution in [0.1, 0.15) is 74.9 Å². The zero-order valence-electron chi connectivity index (χ0n) is 77.1. The van der Waals surface area contributed by atoms with E-state index >= 15 is 0 Å². The van der Waals surface area contributed by atoms with Gasteiger partial charge in [-0.3, -0.25) is 9.97 Å². The highest BCUT2D eigenvalue weighted by Crippen LogP contribution is 2.56. The molecule has 0 N–H and O–H groups in total. The first-order valence-electron chi connectivity index (χ1n) is 47.3. The molecule has 27 rings (SSSR count). The number of nitrogens with zero attached hydrogens (tertiary/aromatic N) is 11. The summed E-state index contributed by atoms with van der Waals surface area (Å²) in [4.78, 5) is 40.9. The summed E-state index contributed by atoms with van der Waals surface area (Å²) in [6.07, 6.45) is 5.52. The summed E-state index contributed by atoms with van der Waals surface area (Å²) in [5.74, 6) is 2.19. The van der Waals surface area contributed by atoms with Crippen molar-refractivity contribution in [2.24, 2.45) is 0 Å². The van der Waals surface area contributed by atoms with Gasteiger partial charge in [-0.2, -0.15) is 0 Å². The van der Waals surface area contributed by atoms with Crippen LogP contribution in [0, 0.1) is 0 Å². The lowest BCUT2D eigenvalue weighted by atomic mass is 9.80. The van der Waals surface area contributed by atoms with Crippen LogP contribution >= 0.6 is 0 Å². The molecule has 0 fully saturated rings. The maximum absolute atomic E-state index is 5.43. The third-order valence-corrected chi connectivity index (χ3v) is 28.5. The first-order valence-corrected chi connectivity index (χ1v) is 47.3. The molecule has 0 radical (unpaired) electrons. The maximum atomic E-state index is 5.43. The van der Waals surface area contributed by atoms with Crippen LogP contribution in [0.25, 0.3) is 218 Å². The summed E-state index contributed by atoms with van der Waals surface area (Å²) in [7, 11) is 0. The molecule has 0 spiro atoms. The highest BCUT2D eigenvalue weighted by atomic mass is 15.0. The van der Waals surface area contributed by atoms with Gasteiger partial charge in [-0.05, 0) is 154 Å². The smallest absolute Gasteiger partial charge is 0.160 e. The second kappa shape index (κ2) is 33.0. The Morgan fingerprint density at radius 3 is 0.891 bits per heavy atom. The Morgan fingerprint density at radius 2 is 0.500 bits per heavy atom. The Balaban J connectivity index is 0.000000110. The van der Waals surface area contributed by atoms with Crippen molar-refractivity contribution in [1.29, 1.82) is 0 Å². The molecule has 8 heterocycles. The molecule has 8 aromatic heterocycles. The molecule has 11 heteroatoms. The highest BCUT2D eigenvalue weighted by Gasteiger charge is 2.44. The number of hydrogen-bond donors (Lipinski definition) is 0. The fourth-order valence-electron chi connectivity index (χ4n) is 21.9. The fourth-order valence-corrected chi connectivity index (χ4v) is 21.9. The van der Waals surface area contributed by atoms with Crippen LogP contribution in [0.5, 0.6) is 0 Å². The second-order valence-corrected chi connectivity index (χ2v) is 37.7. The van der Waals surface area contributed by atoms with Crippen molar-refractivity contribution < 1.29 is 0 Å². The van der Waals surface area contributed by atoms with Crippen molar-refractivity contribution in [3.05, 3.63) is 477 Å². The van der Waals surface area contributed by atoms with E-state index in [4.69, 9.17) is 29.9 Å². The summed E-state index contributed by atoms with van der Waals surface area (Å²) in [6, 6.07) is 150. The Kier molecular flexibility index (Phi) is 19.7. The minimum absolute atomic E-state index is 0.251. The van der Waals surface area contributed by atoms with Gasteiger partial charge in [0.2, 0.25) is 0 Å². The van der Waals surface area contributed by atoms with Crippen molar-refractivity contribution in [3.63, 3.8) is 0 Å². The number of rotatable bonds is 12. The molecule has 0 aliphatic heterocycles. The lowest BCUT2D eigenvalue weighted by Crippen LogP contribution is -2.17. The van der Waals surface area contributed by atoms with E-state index < -0.39 is 0 Å². The van der Waals surface area contributed by atoms with Crippen LogP contribution in [0.15, 0.2) is 443 Å². The van der Waals surface area contributed by atoms with Crippen LogP contribution in [0.2, 0.25) is 0 Å². The van der Waals surface area contributed by atoms with Crippen LogP contribution in [-0.2, 0) is 16.2 Å². The molecule has 0 atom stereocenters. The van der Waals surface area contributed by atoms with Crippen LogP contribution in [-0.4, -0.2) is 53.6 Å². The van der Waals surface area contributed by atoms with E-state index in [0.717, 1.165) is 130 Å². The number of pyridine rings is 2. The van der Waals surface area contributed by atoms with Gasteiger partial charge in [0.05, 0.1) is 73.0 Å². The zero-order valence-corrected chi connectivity index (χ0v) is 77.1. The zero-order chi connectivity index (χ0) is 92.5. The molecule has 0 saturated carbocycles. The van der Waals surface area contributed by atoms with Crippen LogP contribution < -0.4 is 0 Å². The van der Waals surface area contributed by atoms with Gasteiger partial charge in [0.15, 0.2) is 17.5 Å². The molecule has 11 nitrogen and oxygen atoms in total. The number of aromatic nitrogens is 11. The molecule has 16 aromatic carbocycles. The number of benzene rings is 16. The molecule has 24 aromatic rings. The summed E-state index contributed by atoms with van der Waals surface area (Å²) in [5, 5.41) is 7.31. The van der Waals surface area contributed by atoms with Crippen LogP contribution in [0.4, 0.5) is 0 Å². The first kappa shape index (κ1) is 82.4. The SMILES string of the molecule is CC1(C)c2ccccc2-c2nc(-c3ccc(-c4ccccn4)cc3)nc(-c3ccc4c(c3)c3ccccc3n4-c3ccccc3)c21.CC1(C)c2ccccc2-c2nc(-c3ccc(-c4cccnc4)cc3)nc(-c3ccc4c(c3)c3ccccc3n4-c3ccccc3)c21.CC1(C)c2ccccc2-c2nc(-c3cccc(-c4ccccc4)c3)nc(-c3ccc4c(c3)c3ccccc3n4-c3ccccc3)c21. The maximum Gasteiger partial charge on any atom is 0.160 e. The predicted molar refractivity (Wildman–Crippen MR) is 566 cm³/mol. The molecule has 3 aliphatic rings. The van der Waals surface area contributed by atoms with Gasteiger partial charge < -0.3 is 13.7 Å². The third-order valence-electron chi connectivity index (χ3n) is 28.5. The first-order chi connectivity index (χ1) is 67.7. The van der Waals surface area contributed by atoms with Crippen molar-refractivity contribution in [2.45, 2.75) is 57.8 Å². The van der Waals surface area contributed by atoms with Gasteiger partial charge in [-0.1, -0.05) is 351 Å². The molecule has 3 aliphatic carbocycles. The lowest BCUT2D eigenvalue weighted by molar-refractivity contribution is 0.657. The average Bonchev–Trinajstić information content (AvgIpc) is 1.56. The Hall–Kier alpha value is -17.5. The highest BCUT2D eigenvalue weighted by molar-refractivity contribution is 6.14. The molecule has 138 heavy (non-hydrogen) atoms. The average molecular weight is 1770 g/mol. The summed E-state index contributed by atoms with van der Waals surface area (Å²) >= 11 is 0. The van der Waals surface area contributed by atoms with E-state index in [1.165, 1.54) is 121 Å². The molecular weight excluding hydrogens is 1680 g/mol. The lowest BCUT2D eigenvalue weighted by Gasteiger charge is -2.24. The quantitative estimate of drug-likeness (QED) is 0.119. The van der Waals surface area contributed by atoms with E-state index in [9.17, 15) is 0 Å². The Labute approximate surface area is 800 Å². The number of hydrogen-bond acceptors (Lipinski definition) is 8. The number of para-hydroxylation sites is 6. The molecule has 0 saturated heterocycles. The van der Waals surface area contributed by atoms with Gasteiger partial charge in [0, 0.05) is 157 Å². The molecule has 0 unspecified atom stereocenters. The van der Waals surface area contributed by atoms with Crippen molar-refractivity contribution in [2.75, 3.05) is 0 Å². The van der Waals surface area contributed by atoms with E-state index in [1.54, 1.807) is 6.20 Å². The second-order valence-electron chi connectivity index (χ2n) is 37.7.